The molecule has 156 valence electrons. The summed E-state index contributed by atoms with van der Waals surface area (Å²) in [4.78, 5) is 12.8. The predicted molar refractivity (Wildman–Crippen MR) is 120 cm³/mol. The van der Waals surface area contributed by atoms with E-state index in [2.05, 4.69) is 5.32 Å². The van der Waals surface area contributed by atoms with E-state index in [-0.39, 0.29) is 16.8 Å². The third-order valence-corrected chi connectivity index (χ3v) is 6.94. The molecule has 0 aliphatic heterocycles. The minimum atomic E-state index is -3.79. The van der Waals surface area contributed by atoms with Gasteiger partial charge in [0.2, 0.25) is 0 Å². The number of hydrogen-bond acceptors (Lipinski definition) is 3. The lowest BCUT2D eigenvalue weighted by atomic mass is 10.0. The first-order valence-electron chi connectivity index (χ1n) is 9.72. The fourth-order valence-electron chi connectivity index (χ4n) is 3.28. The van der Waals surface area contributed by atoms with Gasteiger partial charge < -0.3 is 5.32 Å². The largest absolute Gasteiger partial charge is 0.346 e. The third kappa shape index (κ3) is 4.54. The summed E-state index contributed by atoms with van der Waals surface area (Å²) < 4.78 is 27.4. The Labute approximate surface area is 178 Å². The quantitative estimate of drug-likeness (QED) is 0.630. The van der Waals surface area contributed by atoms with Gasteiger partial charge in [-0.15, -0.1) is 0 Å². The Bertz CT molecular complexity index is 1160. The van der Waals surface area contributed by atoms with E-state index in [1.54, 1.807) is 24.3 Å². The molecule has 0 unspecified atom stereocenters. The van der Waals surface area contributed by atoms with Crippen molar-refractivity contribution in [3.05, 3.63) is 95.1 Å². The number of carbonyl (C=O) groups excluding carboxylic acids is 1. The van der Waals surface area contributed by atoms with Crippen molar-refractivity contribution in [1.82, 2.24) is 5.32 Å². The Balaban J connectivity index is 1.83. The summed E-state index contributed by atoms with van der Waals surface area (Å²) in [7, 11) is -2.29. The van der Waals surface area contributed by atoms with Crippen molar-refractivity contribution in [2.75, 3.05) is 11.4 Å². The first kappa shape index (κ1) is 21.6. The molecule has 0 heterocycles. The van der Waals surface area contributed by atoms with Crippen LogP contribution in [0.15, 0.2) is 77.7 Å². The summed E-state index contributed by atoms with van der Waals surface area (Å²) in [6, 6.07) is 21.0. The molecule has 0 fully saturated rings. The van der Waals surface area contributed by atoms with Gasteiger partial charge >= 0.3 is 0 Å². The zero-order valence-corrected chi connectivity index (χ0v) is 18.4. The van der Waals surface area contributed by atoms with Crippen LogP contribution in [0, 0.1) is 13.8 Å². The van der Waals surface area contributed by atoms with Gasteiger partial charge in [-0.1, -0.05) is 48.0 Å². The van der Waals surface area contributed by atoms with Gasteiger partial charge in [0, 0.05) is 12.6 Å². The predicted octanol–water partition coefficient (Wildman–Crippen LogP) is 4.62. The van der Waals surface area contributed by atoms with E-state index in [1.807, 2.05) is 57.2 Å². The van der Waals surface area contributed by atoms with Gasteiger partial charge in [-0.3, -0.25) is 9.10 Å². The van der Waals surface area contributed by atoms with Gasteiger partial charge in [0.15, 0.2) is 0 Å². The minimum absolute atomic E-state index is 0.0711. The highest BCUT2D eigenvalue weighted by Gasteiger charge is 2.23. The number of amides is 1. The molecule has 0 spiro atoms. The SMILES string of the molecule is Cc1ccc(N(C)S(=O)(=O)c2cccc(C(=O)N[C@H](C)c3ccccc3C)c2)cc1. The molecule has 3 aromatic rings. The van der Waals surface area contributed by atoms with Crippen LogP contribution >= 0.6 is 0 Å². The van der Waals surface area contributed by atoms with E-state index >= 15 is 0 Å². The number of nitrogens with one attached hydrogen (secondary N) is 1. The topological polar surface area (TPSA) is 66.5 Å². The van der Waals surface area contributed by atoms with Crippen molar-refractivity contribution in [2.24, 2.45) is 0 Å². The van der Waals surface area contributed by atoms with E-state index in [9.17, 15) is 13.2 Å². The van der Waals surface area contributed by atoms with Crippen LogP contribution in [0.3, 0.4) is 0 Å². The van der Waals surface area contributed by atoms with E-state index in [0.29, 0.717) is 11.3 Å². The van der Waals surface area contributed by atoms with Crippen molar-refractivity contribution in [2.45, 2.75) is 31.7 Å². The number of aryl methyl sites for hydroxylation is 2. The number of hydrogen-bond donors (Lipinski definition) is 1. The lowest BCUT2D eigenvalue weighted by molar-refractivity contribution is 0.0939. The van der Waals surface area contributed by atoms with Gasteiger partial charge in [-0.2, -0.15) is 0 Å². The molecule has 1 atom stereocenters. The van der Waals surface area contributed by atoms with Crippen LogP contribution in [-0.2, 0) is 10.0 Å². The van der Waals surface area contributed by atoms with E-state index in [0.717, 1.165) is 16.7 Å². The normalized spacial score (nSPS) is 12.3. The number of nitrogens with zero attached hydrogens (tertiary/aromatic N) is 1. The van der Waals surface area contributed by atoms with Crippen LogP contribution in [-0.4, -0.2) is 21.4 Å². The molecule has 0 aromatic heterocycles. The summed E-state index contributed by atoms with van der Waals surface area (Å²) in [6.45, 7) is 5.84. The second kappa shape index (κ2) is 8.71. The molecule has 5 nitrogen and oxygen atoms in total. The lowest BCUT2D eigenvalue weighted by Gasteiger charge is -2.20. The van der Waals surface area contributed by atoms with Gasteiger partial charge in [0.1, 0.15) is 0 Å². The molecule has 0 bridgehead atoms. The highest BCUT2D eigenvalue weighted by Crippen LogP contribution is 2.23. The standard InChI is InChI=1S/C24H26N2O3S/c1-17-12-14-21(15-13-17)26(4)30(28,29)22-10-7-9-20(16-22)24(27)25-19(3)23-11-6-5-8-18(23)2/h5-16,19H,1-4H3,(H,25,27)/t19-/m1/s1. The van der Waals surface area contributed by atoms with Crippen LogP contribution in [0.25, 0.3) is 0 Å². The monoisotopic (exact) mass is 422 g/mol. The van der Waals surface area contributed by atoms with Crippen molar-refractivity contribution in [3.63, 3.8) is 0 Å². The molecule has 0 saturated carbocycles. The Kier molecular flexibility index (Phi) is 6.27. The molecule has 1 N–H and O–H groups in total. The van der Waals surface area contributed by atoms with E-state index in [4.69, 9.17) is 0 Å². The average Bonchev–Trinajstić information content (AvgIpc) is 2.74. The van der Waals surface area contributed by atoms with Gasteiger partial charge in [-0.25, -0.2) is 8.42 Å². The highest BCUT2D eigenvalue weighted by molar-refractivity contribution is 7.92. The molecule has 3 aromatic carbocycles. The Morgan fingerprint density at radius 1 is 0.933 bits per heavy atom. The molecule has 0 radical (unpaired) electrons. The smallest absolute Gasteiger partial charge is 0.264 e. The Morgan fingerprint density at radius 3 is 2.27 bits per heavy atom. The minimum Gasteiger partial charge on any atom is -0.346 e. The third-order valence-electron chi connectivity index (χ3n) is 5.15. The summed E-state index contributed by atoms with van der Waals surface area (Å²) in [5, 5.41) is 2.95. The maximum Gasteiger partial charge on any atom is 0.264 e. The summed E-state index contributed by atoms with van der Waals surface area (Å²) in [5.74, 6) is -0.319. The number of sulfonamides is 1. The molecule has 0 aliphatic rings. The van der Waals surface area contributed by atoms with Crippen LogP contribution in [0.5, 0.6) is 0 Å². The van der Waals surface area contributed by atoms with Gasteiger partial charge in [0.05, 0.1) is 16.6 Å². The molecule has 3 rings (SSSR count). The van der Waals surface area contributed by atoms with Crippen LogP contribution in [0.2, 0.25) is 0 Å². The van der Waals surface area contributed by atoms with Crippen molar-refractivity contribution >= 4 is 21.6 Å². The molecule has 30 heavy (non-hydrogen) atoms. The maximum atomic E-state index is 13.1. The van der Waals surface area contributed by atoms with E-state index < -0.39 is 10.0 Å². The number of benzene rings is 3. The molecule has 6 heteroatoms. The van der Waals surface area contributed by atoms with Crippen LogP contribution in [0.1, 0.15) is 40.0 Å². The van der Waals surface area contributed by atoms with Gasteiger partial charge in [0.25, 0.3) is 15.9 Å². The number of rotatable bonds is 6. The van der Waals surface area contributed by atoms with Crippen molar-refractivity contribution < 1.29 is 13.2 Å². The molecular formula is C24H26N2O3S. The zero-order valence-electron chi connectivity index (χ0n) is 17.6. The van der Waals surface area contributed by atoms with Crippen LogP contribution in [0.4, 0.5) is 5.69 Å². The van der Waals surface area contributed by atoms with Crippen molar-refractivity contribution in [3.8, 4) is 0 Å². The maximum absolute atomic E-state index is 13.1. The van der Waals surface area contributed by atoms with E-state index in [1.165, 1.54) is 23.5 Å². The molecule has 1 amide bonds. The second-order valence-corrected chi connectivity index (χ2v) is 9.36. The fraction of sp³-hybridized carbons (Fsp3) is 0.208. The molecule has 0 aliphatic carbocycles. The summed E-state index contributed by atoms with van der Waals surface area (Å²) >= 11 is 0. The average molecular weight is 423 g/mol. The Hall–Kier alpha value is -3.12. The first-order valence-corrected chi connectivity index (χ1v) is 11.2. The lowest BCUT2D eigenvalue weighted by Crippen LogP contribution is -2.29. The first-order chi connectivity index (χ1) is 14.2. The summed E-state index contributed by atoms with van der Waals surface area (Å²) in [6.07, 6.45) is 0. The number of carbonyl (C=O) groups is 1. The summed E-state index contributed by atoms with van der Waals surface area (Å²) in [5.41, 5.74) is 4.01. The van der Waals surface area contributed by atoms with Crippen molar-refractivity contribution in [1.29, 1.82) is 0 Å². The molecular weight excluding hydrogens is 396 g/mol. The Morgan fingerprint density at radius 2 is 1.60 bits per heavy atom. The zero-order chi connectivity index (χ0) is 21.9. The van der Waals surface area contributed by atoms with Gasteiger partial charge in [-0.05, 0) is 62.2 Å². The fourth-order valence-corrected chi connectivity index (χ4v) is 4.52. The second-order valence-electron chi connectivity index (χ2n) is 7.39. The van der Waals surface area contributed by atoms with Crippen LogP contribution < -0.4 is 9.62 Å². The highest BCUT2D eigenvalue weighted by atomic mass is 32.2. The number of anilines is 1. The molecule has 0 saturated heterocycles.